The summed E-state index contributed by atoms with van der Waals surface area (Å²) in [7, 11) is 3.35. The molecule has 0 amide bonds. The van der Waals surface area contributed by atoms with Crippen molar-refractivity contribution in [1.82, 2.24) is 4.98 Å². The van der Waals surface area contributed by atoms with E-state index < -0.39 is 5.97 Å². The predicted octanol–water partition coefficient (Wildman–Crippen LogP) is 5.09. The number of rotatable bonds is 9. The van der Waals surface area contributed by atoms with Gasteiger partial charge in [-0.15, -0.1) is 0 Å². The van der Waals surface area contributed by atoms with Gasteiger partial charge < -0.3 is 14.6 Å². The average molecular weight is 391 g/mol. The normalized spacial score (nSPS) is 10.7. The van der Waals surface area contributed by atoms with Gasteiger partial charge >= 0.3 is 5.97 Å². The molecule has 0 saturated heterocycles. The quantitative estimate of drug-likeness (QED) is 0.515. The van der Waals surface area contributed by atoms with Crippen molar-refractivity contribution in [3.8, 4) is 28.1 Å². The van der Waals surface area contributed by atoms with Crippen LogP contribution in [0.25, 0.3) is 22.4 Å². The van der Waals surface area contributed by atoms with Crippen LogP contribution in [0, 0.1) is 0 Å². The van der Waals surface area contributed by atoms with E-state index in [1.165, 1.54) is 0 Å². The molecule has 1 N–H and O–H groups in total. The molecule has 0 aliphatic rings. The molecule has 0 atom stereocenters. The summed E-state index contributed by atoms with van der Waals surface area (Å²) in [5, 5.41) is 9.18. The maximum Gasteiger partial charge on any atom is 0.335 e. The summed E-state index contributed by atoms with van der Waals surface area (Å²) >= 11 is 0. The van der Waals surface area contributed by atoms with Gasteiger partial charge in [0.25, 0.3) is 0 Å². The Hall–Kier alpha value is -3.18. The number of carbonyl (C=O) groups is 1. The lowest BCUT2D eigenvalue weighted by molar-refractivity contribution is 0.0697. The third-order valence-corrected chi connectivity index (χ3v) is 4.81. The van der Waals surface area contributed by atoms with Crippen molar-refractivity contribution in [3.63, 3.8) is 0 Å². The van der Waals surface area contributed by atoms with Gasteiger partial charge in [-0.25, -0.2) is 4.79 Å². The third kappa shape index (κ3) is 5.21. The van der Waals surface area contributed by atoms with Gasteiger partial charge in [0.15, 0.2) is 0 Å². The van der Waals surface area contributed by atoms with E-state index in [1.54, 1.807) is 26.4 Å². The van der Waals surface area contributed by atoms with Crippen LogP contribution in [0.1, 0.15) is 28.8 Å². The number of carboxylic acid groups (broad SMARTS) is 1. The highest BCUT2D eigenvalue weighted by Crippen LogP contribution is 2.32. The molecular weight excluding hydrogens is 366 g/mol. The second kappa shape index (κ2) is 9.85. The molecule has 5 nitrogen and oxygen atoms in total. The van der Waals surface area contributed by atoms with Gasteiger partial charge in [-0.3, -0.25) is 4.98 Å². The summed E-state index contributed by atoms with van der Waals surface area (Å²) in [5.41, 5.74) is 5.17. The Balaban J connectivity index is 1.98. The molecule has 1 heterocycles. The highest BCUT2D eigenvalue weighted by Gasteiger charge is 2.12. The number of pyridine rings is 1. The van der Waals surface area contributed by atoms with Crippen molar-refractivity contribution in [2.45, 2.75) is 19.3 Å². The van der Waals surface area contributed by atoms with Crippen molar-refractivity contribution >= 4 is 5.97 Å². The van der Waals surface area contributed by atoms with Crippen LogP contribution in [-0.4, -0.2) is 36.9 Å². The van der Waals surface area contributed by atoms with E-state index in [9.17, 15) is 9.90 Å². The van der Waals surface area contributed by atoms with Gasteiger partial charge in [-0.05, 0) is 72.9 Å². The maximum absolute atomic E-state index is 11.2. The summed E-state index contributed by atoms with van der Waals surface area (Å²) in [6, 6.07) is 16.9. The Morgan fingerprint density at radius 1 is 0.966 bits per heavy atom. The first-order chi connectivity index (χ1) is 14.1. The van der Waals surface area contributed by atoms with E-state index in [4.69, 9.17) is 14.5 Å². The van der Waals surface area contributed by atoms with E-state index in [0.29, 0.717) is 0 Å². The van der Waals surface area contributed by atoms with Gasteiger partial charge in [0.05, 0.1) is 18.4 Å². The molecule has 0 aliphatic heterocycles. The first-order valence-corrected chi connectivity index (χ1v) is 9.58. The number of nitrogens with zero attached hydrogens (tertiary/aromatic N) is 1. The molecule has 3 rings (SSSR count). The second-order valence-electron chi connectivity index (χ2n) is 6.80. The predicted molar refractivity (Wildman–Crippen MR) is 113 cm³/mol. The lowest BCUT2D eigenvalue weighted by Crippen LogP contribution is -1.97. The second-order valence-corrected chi connectivity index (χ2v) is 6.80. The molecule has 0 radical (unpaired) electrons. The van der Waals surface area contributed by atoms with E-state index in [-0.39, 0.29) is 5.56 Å². The first kappa shape index (κ1) is 20.6. The SMILES string of the molecule is COCCCCc1cnc(-c2ccc(OC)cc2)c(-c2ccc(C(=O)O)cc2)c1. The van der Waals surface area contributed by atoms with Gasteiger partial charge in [-0.1, -0.05) is 12.1 Å². The minimum atomic E-state index is -0.933. The number of unbranched alkanes of at least 4 members (excludes halogenated alkanes) is 1. The molecule has 150 valence electrons. The summed E-state index contributed by atoms with van der Waals surface area (Å²) in [6.07, 6.45) is 4.86. The van der Waals surface area contributed by atoms with Crippen LogP contribution in [0.3, 0.4) is 0 Å². The number of hydrogen-bond donors (Lipinski definition) is 1. The van der Waals surface area contributed by atoms with E-state index in [2.05, 4.69) is 6.07 Å². The number of ether oxygens (including phenoxy) is 2. The number of aromatic carboxylic acids is 1. The largest absolute Gasteiger partial charge is 0.497 e. The summed E-state index contributed by atoms with van der Waals surface area (Å²) in [6.45, 7) is 0.751. The summed E-state index contributed by atoms with van der Waals surface area (Å²) < 4.78 is 10.4. The molecule has 3 aromatic rings. The zero-order valence-corrected chi connectivity index (χ0v) is 16.7. The monoisotopic (exact) mass is 391 g/mol. The Kier molecular flexibility index (Phi) is 6.98. The Labute approximate surface area is 171 Å². The van der Waals surface area contributed by atoms with Gasteiger partial charge in [0.1, 0.15) is 5.75 Å². The number of aryl methyl sites for hydroxylation is 1. The molecule has 0 bridgehead atoms. The molecule has 0 unspecified atom stereocenters. The zero-order valence-electron chi connectivity index (χ0n) is 16.7. The lowest BCUT2D eigenvalue weighted by Gasteiger charge is -2.13. The fourth-order valence-corrected chi connectivity index (χ4v) is 3.21. The van der Waals surface area contributed by atoms with E-state index >= 15 is 0 Å². The number of carboxylic acids is 1. The molecule has 5 heteroatoms. The molecule has 0 aliphatic carbocycles. The van der Waals surface area contributed by atoms with E-state index in [1.807, 2.05) is 42.6 Å². The highest BCUT2D eigenvalue weighted by atomic mass is 16.5. The lowest BCUT2D eigenvalue weighted by atomic mass is 9.96. The summed E-state index contributed by atoms with van der Waals surface area (Å²) in [4.78, 5) is 15.9. The Bertz CT molecular complexity index is 950. The Morgan fingerprint density at radius 2 is 1.66 bits per heavy atom. The molecule has 0 fully saturated rings. The highest BCUT2D eigenvalue weighted by molar-refractivity contribution is 5.89. The van der Waals surface area contributed by atoms with Gasteiger partial charge in [-0.2, -0.15) is 0 Å². The van der Waals surface area contributed by atoms with Crippen LogP contribution in [0.15, 0.2) is 60.8 Å². The minimum Gasteiger partial charge on any atom is -0.497 e. The maximum atomic E-state index is 11.2. The van der Waals surface area contributed by atoms with Crippen molar-refractivity contribution < 1.29 is 19.4 Å². The van der Waals surface area contributed by atoms with Gasteiger partial charge in [0.2, 0.25) is 0 Å². The smallest absolute Gasteiger partial charge is 0.335 e. The average Bonchev–Trinajstić information content (AvgIpc) is 2.77. The Morgan fingerprint density at radius 3 is 2.28 bits per heavy atom. The molecule has 29 heavy (non-hydrogen) atoms. The number of benzene rings is 2. The van der Waals surface area contributed by atoms with Crippen LogP contribution in [0.4, 0.5) is 0 Å². The van der Waals surface area contributed by atoms with Crippen LogP contribution in [0.5, 0.6) is 5.75 Å². The fourth-order valence-electron chi connectivity index (χ4n) is 3.21. The van der Waals surface area contributed by atoms with Crippen molar-refractivity contribution in [1.29, 1.82) is 0 Å². The number of aromatic nitrogens is 1. The van der Waals surface area contributed by atoms with Gasteiger partial charge in [0, 0.05) is 31.0 Å². The molecule has 0 spiro atoms. The molecule has 2 aromatic carbocycles. The van der Waals surface area contributed by atoms with Crippen LogP contribution < -0.4 is 4.74 Å². The number of methoxy groups -OCH3 is 2. The summed E-state index contributed by atoms with van der Waals surface area (Å²) in [5.74, 6) is -0.146. The fraction of sp³-hybridized carbons (Fsp3) is 0.250. The van der Waals surface area contributed by atoms with Crippen molar-refractivity contribution in [2.24, 2.45) is 0 Å². The molecular formula is C24H25NO4. The zero-order chi connectivity index (χ0) is 20.6. The third-order valence-electron chi connectivity index (χ3n) is 4.81. The van der Waals surface area contributed by atoms with Crippen LogP contribution >= 0.6 is 0 Å². The number of hydrogen-bond acceptors (Lipinski definition) is 4. The standard InChI is InChI=1S/C24H25NO4/c1-28-14-4-3-5-17-15-22(18-6-8-20(9-7-18)24(26)27)23(25-16-17)19-10-12-21(29-2)13-11-19/h6-13,15-16H,3-5,14H2,1-2H3,(H,26,27). The topological polar surface area (TPSA) is 68.7 Å². The molecule has 0 saturated carbocycles. The first-order valence-electron chi connectivity index (χ1n) is 9.58. The van der Waals surface area contributed by atoms with Crippen LogP contribution in [0.2, 0.25) is 0 Å². The van der Waals surface area contributed by atoms with Crippen molar-refractivity contribution in [3.05, 3.63) is 71.9 Å². The van der Waals surface area contributed by atoms with E-state index in [0.717, 1.165) is 59.6 Å². The molecule has 1 aromatic heterocycles. The minimum absolute atomic E-state index is 0.267. The van der Waals surface area contributed by atoms with Crippen molar-refractivity contribution in [2.75, 3.05) is 20.8 Å². The van der Waals surface area contributed by atoms with Crippen LogP contribution in [-0.2, 0) is 11.2 Å².